The van der Waals surface area contributed by atoms with Gasteiger partial charge in [-0.1, -0.05) is 62.2 Å². The van der Waals surface area contributed by atoms with Crippen LogP contribution in [0.25, 0.3) is 0 Å². The highest BCUT2D eigenvalue weighted by Crippen LogP contribution is 2.53. The number of aliphatic hydroxyl groups is 1. The van der Waals surface area contributed by atoms with E-state index in [1.54, 1.807) is 0 Å². The van der Waals surface area contributed by atoms with E-state index in [1.807, 2.05) is 20.8 Å². The lowest BCUT2D eigenvalue weighted by Crippen LogP contribution is -2.45. The molecule has 1 aliphatic rings. The summed E-state index contributed by atoms with van der Waals surface area (Å²) in [5, 5.41) is 25.8. The van der Waals surface area contributed by atoms with E-state index < -0.39 is 52.3 Å². The molecule has 45 heavy (non-hydrogen) atoms. The first kappa shape index (κ1) is 34.1. The Kier molecular flexibility index (Phi) is 10.4. The largest absolute Gasteiger partial charge is 0.495 e. The van der Waals surface area contributed by atoms with E-state index in [4.69, 9.17) is 37.8 Å². The Morgan fingerprint density at radius 1 is 1.13 bits per heavy atom. The smallest absolute Gasteiger partial charge is 0.338 e. The molecule has 0 spiro atoms. The monoisotopic (exact) mass is 659 g/mol. The van der Waals surface area contributed by atoms with Crippen LogP contribution in [0.4, 0.5) is 14.5 Å². The highest BCUT2D eigenvalue weighted by molar-refractivity contribution is 6.31. The third-order valence-electron chi connectivity index (χ3n) is 7.75. The fraction of sp³-hybridized carbons (Fsp3) is 0.364. The number of halogens is 4. The van der Waals surface area contributed by atoms with Gasteiger partial charge in [-0.3, -0.25) is 4.79 Å². The predicted molar refractivity (Wildman–Crippen MR) is 167 cm³/mol. The molecule has 12 heteroatoms. The molecule has 0 bridgehead atoms. The molecule has 4 atom stereocenters. The summed E-state index contributed by atoms with van der Waals surface area (Å²) in [5.41, 5.74) is -2.00. The lowest BCUT2D eigenvalue weighted by Gasteiger charge is -2.37. The van der Waals surface area contributed by atoms with Gasteiger partial charge in [0.1, 0.15) is 29.4 Å². The van der Waals surface area contributed by atoms with E-state index in [2.05, 4.69) is 16.7 Å². The Hall–Kier alpha value is -3.75. The number of carbonyl (C=O) groups excluding carboxylic acids is 2. The Balaban J connectivity index is 1.88. The minimum Gasteiger partial charge on any atom is -0.495 e. The zero-order chi connectivity index (χ0) is 33.1. The van der Waals surface area contributed by atoms with Gasteiger partial charge in [0, 0.05) is 22.5 Å². The van der Waals surface area contributed by atoms with E-state index in [9.17, 15) is 14.9 Å². The van der Waals surface area contributed by atoms with Gasteiger partial charge in [0.25, 0.3) is 0 Å². The van der Waals surface area contributed by atoms with Gasteiger partial charge >= 0.3 is 5.97 Å². The van der Waals surface area contributed by atoms with Crippen molar-refractivity contribution in [2.24, 2.45) is 5.41 Å². The van der Waals surface area contributed by atoms with Gasteiger partial charge in [-0.25, -0.2) is 13.6 Å². The second kappa shape index (κ2) is 13.7. The van der Waals surface area contributed by atoms with Gasteiger partial charge in [-0.05, 0) is 53.8 Å². The van der Waals surface area contributed by atoms with Crippen molar-refractivity contribution in [3.05, 3.63) is 93.0 Å². The topological polar surface area (TPSA) is 121 Å². The van der Waals surface area contributed by atoms with Gasteiger partial charge < -0.3 is 25.2 Å². The fourth-order valence-electron chi connectivity index (χ4n) is 5.91. The summed E-state index contributed by atoms with van der Waals surface area (Å²) in [6.45, 7) is 5.28. The van der Waals surface area contributed by atoms with E-state index in [-0.39, 0.29) is 51.4 Å². The summed E-state index contributed by atoms with van der Waals surface area (Å²) >= 11 is 12.3. The van der Waals surface area contributed by atoms with Crippen LogP contribution in [-0.2, 0) is 14.9 Å². The SMILES string of the molecule is COc1cc(C(=O)OCCO)ccc1NC(=O)[C@@H]1NC(CC(C)(C)C)[C@](C#N)(c2ccc(Cl)cc2F)C1c1cccc(Cl)c1F. The van der Waals surface area contributed by atoms with Crippen LogP contribution in [-0.4, -0.2) is 49.4 Å². The number of benzene rings is 3. The molecule has 1 aliphatic heterocycles. The number of methoxy groups -OCH3 is 1. The molecule has 0 aliphatic carbocycles. The number of nitrogens with one attached hydrogen (secondary N) is 2. The summed E-state index contributed by atoms with van der Waals surface area (Å²) in [6.07, 6.45) is 0.305. The number of ether oxygens (including phenoxy) is 2. The molecular weight excluding hydrogens is 627 g/mol. The molecule has 3 aromatic rings. The molecule has 0 saturated carbocycles. The van der Waals surface area contributed by atoms with Crippen LogP contribution >= 0.6 is 23.2 Å². The van der Waals surface area contributed by atoms with Crippen LogP contribution in [0.3, 0.4) is 0 Å². The number of amides is 1. The van der Waals surface area contributed by atoms with Gasteiger partial charge in [-0.15, -0.1) is 0 Å². The third-order valence-corrected chi connectivity index (χ3v) is 8.28. The number of aliphatic hydroxyl groups excluding tert-OH is 1. The molecule has 238 valence electrons. The van der Waals surface area contributed by atoms with Crippen LogP contribution in [0.2, 0.25) is 10.0 Å². The molecule has 1 saturated heterocycles. The van der Waals surface area contributed by atoms with E-state index in [0.717, 1.165) is 6.07 Å². The molecule has 1 fully saturated rings. The molecule has 1 amide bonds. The highest BCUT2D eigenvalue weighted by Gasteiger charge is 2.61. The molecule has 3 N–H and O–H groups in total. The standard InChI is InChI=1S/C33H33Cl2F2N3O5/c1-32(2,3)16-26-33(17-38,21-10-9-19(34)15-23(21)36)27(20-6-5-7-22(35)28(20)37)29(40-26)30(42)39-24-11-8-18(14-25(24)44-4)31(43)45-13-12-41/h5-11,14-15,26-27,29,40-41H,12-13,16H2,1-4H3,(H,39,42)/t26?,27?,29-,33+/m1/s1. The van der Waals surface area contributed by atoms with E-state index >= 15 is 8.78 Å². The molecule has 4 rings (SSSR count). The van der Waals surface area contributed by atoms with Crippen LogP contribution in [0.1, 0.15) is 54.6 Å². The van der Waals surface area contributed by atoms with Crippen LogP contribution in [0.5, 0.6) is 5.75 Å². The lowest BCUT2D eigenvalue weighted by atomic mass is 9.62. The second-order valence-electron chi connectivity index (χ2n) is 12.0. The molecule has 0 aromatic heterocycles. The summed E-state index contributed by atoms with van der Waals surface area (Å²) in [6, 6.07) is 12.6. The Bertz CT molecular complexity index is 1640. The number of esters is 1. The maximum Gasteiger partial charge on any atom is 0.338 e. The first-order chi connectivity index (χ1) is 21.3. The summed E-state index contributed by atoms with van der Waals surface area (Å²) in [4.78, 5) is 26.5. The van der Waals surface area contributed by atoms with Crippen molar-refractivity contribution in [1.29, 1.82) is 5.26 Å². The van der Waals surface area contributed by atoms with Gasteiger partial charge in [0.15, 0.2) is 0 Å². The quantitative estimate of drug-likeness (QED) is 0.228. The number of rotatable bonds is 9. The number of hydrogen-bond acceptors (Lipinski definition) is 7. The van der Waals surface area contributed by atoms with Crippen LogP contribution in [0, 0.1) is 28.4 Å². The average Bonchev–Trinajstić information content (AvgIpc) is 3.30. The second-order valence-corrected chi connectivity index (χ2v) is 12.8. The van der Waals surface area contributed by atoms with Crippen LogP contribution in [0.15, 0.2) is 54.6 Å². The lowest BCUT2D eigenvalue weighted by molar-refractivity contribution is -0.118. The van der Waals surface area contributed by atoms with Gasteiger partial charge in [-0.2, -0.15) is 5.26 Å². The molecule has 1 heterocycles. The maximum absolute atomic E-state index is 15.9. The molecular formula is C33H33Cl2F2N3O5. The van der Waals surface area contributed by atoms with Crippen LogP contribution < -0.4 is 15.4 Å². The number of nitrogens with zero attached hydrogens (tertiary/aromatic N) is 1. The van der Waals surface area contributed by atoms with Crippen molar-refractivity contribution in [2.45, 2.75) is 50.6 Å². The average molecular weight is 661 g/mol. The van der Waals surface area contributed by atoms with E-state index in [0.29, 0.717) is 6.42 Å². The van der Waals surface area contributed by atoms with Crippen molar-refractivity contribution < 1.29 is 33.0 Å². The minimum absolute atomic E-state index is 0.0425. The number of anilines is 1. The van der Waals surface area contributed by atoms with Crippen molar-refractivity contribution in [2.75, 3.05) is 25.6 Å². The number of nitriles is 1. The molecule has 2 unspecified atom stereocenters. The van der Waals surface area contributed by atoms with Gasteiger partial charge in [0.2, 0.25) is 5.91 Å². The maximum atomic E-state index is 15.9. The van der Waals surface area contributed by atoms with Crippen molar-refractivity contribution in [1.82, 2.24) is 5.32 Å². The predicted octanol–water partition coefficient (Wildman–Crippen LogP) is 6.39. The summed E-state index contributed by atoms with van der Waals surface area (Å²) in [7, 11) is 1.34. The van der Waals surface area contributed by atoms with Crippen molar-refractivity contribution in [3.8, 4) is 11.8 Å². The summed E-state index contributed by atoms with van der Waals surface area (Å²) in [5.74, 6) is -4.13. The third kappa shape index (κ3) is 6.92. The zero-order valence-corrected chi connectivity index (χ0v) is 26.6. The van der Waals surface area contributed by atoms with Gasteiger partial charge in [0.05, 0.1) is 42.1 Å². The zero-order valence-electron chi connectivity index (χ0n) is 25.1. The Labute approximate surface area is 270 Å². The normalized spacial score (nSPS) is 21.2. The Morgan fingerprint density at radius 2 is 1.87 bits per heavy atom. The molecule has 0 radical (unpaired) electrons. The number of carbonyl (C=O) groups is 2. The first-order valence-electron chi connectivity index (χ1n) is 14.1. The van der Waals surface area contributed by atoms with E-state index in [1.165, 1.54) is 55.6 Å². The highest BCUT2D eigenvalue weighted by atomic mass is 35.5. The number of hydrogen-bond donors (Lipinski definition) is 3. The molecule has 8 nitrogen and oxygen atoms in total. The minimum atomic E-state index is -1.79. The summed E-state index contributed by atoms with van der Waals surface area (Å²) < 4.78 is 42.0. The van der Waals surface area contributed by atoms with Crippen molar-refractivity contribution >= 4 is 40.8 Å². The Morgan fingerprint density at radius 3 is 2.49 bits per heavy atom. The first-order valence-corrected chi connectivity index (χ1v) is 14.9. The van der Waals surface area contributed by atoms with Crippen molar-refractivity contribution in [3.63, 3.8) is 0 Å². The fourth-order valence-corrected chi connectivity index (χ4v) is 6.25. The molecule has 3 aromatic carbocycles.